The van der Waals surface area contributed by atoms with Crippen molar-refractivity contribution in [2.75, 3.05) is 33.0 Å². The van der Waals surface area contributed by atoms with Crippen LogP contribution in [0.4, 0.5) is 0 Å². The van der Waals surface area contributed by atoms with Gasteiger partial charge in [0, 0.05) is 13.5 Å². The summed E-state index contributed by atoms with van der Waals surface area (Å²) in [5.41, 5.74) is 5.97. The second-order valence-electron chi connectivity index (χ2n) is 14.7. The fraction of sp³-hybridized carbons (Fsp3) is 0.971. The van der Waals surface area contributed by atoms with Gasteiger partial charge in [-0.1, -0.05) is 39.0 Å². The van der Waals surface area contributed by atoms with Crippen molar-refractivity contribution in [1.29, 1.82) is 0 Å². The first-order chi connectivity index (χ1) is 26.6. The molecule has 0 aromatic rings. The summed E-state index contributed by atoms with van der Waals surface area (Å²) in [5.74, 6) is -0.673. The number of aliphatic hydroxyl groups excluding tert-OH is 11. The van der Waals surface area contributed by atoms with Crippen LogP contribution < -0.4 is 11.1 Å². The van der Waals surface area contributed by atoms with Gasteiger partial charge in [0.05, 0.1) is 32.5 Å². The Hall–Kier alpha value is -1.33. The minimum atomic E-state index is -1.93. The van der Waals surface area contributed by atoms with E-state index in [0.29, 0.717) is 6.42 Å². The topological polar surface area (TPSA) is 351 Å². The maximum Gasteiger partial charge on any atom is 0.217 e. The predicted octanol–water partition coefficient (Wildman–Crippen LogP) is -6.25. The molecule has 56 heavy (non-hydrogen) atoms. The van der Waals surface area contributed by atoms with Crippen molar-refractivity contribution in [3.63, 3.8) is 0 Å². The monoisotopic (exact) mass is 818 g/mol. The molecule has 22 heteroatoms. The molecule has 0 saturated carbocycles. The number of unbranched alkanes of at least 4 members (excludes halogenated alkanes) is 5. The second kappa shape index (κ2) is 22.3. The summed E-state index contributed by atoms with van der Waals surface area (Å²) in [6.45, 7) is 0.710. The number of nitrogens with two attached hydrogens (primary N) is 1. The van der Waals surface area contributed by atoms with Crippen molar-refractivity contribution >= 4 is 5.91 Å². The van der Waals surface area contributed by atoms with E-state index in [4.69, 9.17) is 43.6 Å². The summed E-state index contributed by atoms with van der Waals surface area (Å²) in [4.78, 5) is 12.0. The number of hydrogen-bond acceptors (Lipinski definition) is 21. The van der Waals surface area contributed by atoms with E-state index in [9.17, 15) is 61.0 Å². The lowest BCUT2D eigenvalue weighted by Gasteiger charge is -2.48. The van der Waals surface area contributed by atoms with Crippen LogP contribution in [0.3, 0.4) is 0 Å². The first-order valence-corrected chi connectivity index (χ1v) is 19.1. The van der Waals surface area contributed by atoms with Crippen molar-refractivity contribution in [2.24, 2.45) is 5.73 Å². The first-order valence-electron chi connectivity index (χ1n) is 19.1. The van der Waals surface area contributed by atoms with E-state index < -0.39 is 155 Å². The molecule has 0 radical (unpaired) electrons. The molecule has 4 aliphatic rings. The molecule has 1 amide bonds. The molecular formula is C34H62N2O20. The maximum atomic E-state index is 12.0. The van der Waals surface area contributed by atoms with Gasteiger partial charge in [-0.25, -0.2) is 0 Å². The van der Waals surface area contributed by atoms with E-state index in [1.165, 1.54) is 0 Å². The van der Waals surface area contributed by atoms with Crippen LogP contribution in [0.1, 0.15) is 52.4 Å². The smallest absolute Gasteiger partial charge is 0.217 e. The normalized spacial score (nSPS) is 44.8. The zero-order chi connectivity index (χ0) is 41.3. The number of nitrogens with one attached hydrogen (secondary N) is 1. The third-order valence-electron chi connectivity index (χ3n) is 10.4. The van der Waals surface area contributed by atoms with Crippen LogP contribution in [-0.2, 0) is 42.7 Å². The highest BCUT2D eigenvalue weighted by Crippen LogP contribution is 2.32. The standard InChI is InChI=1S/C34H62N2O20/c1-3-4-5-6-7-8-9-49-33-29(48)27(46)23(42)17(54-33)13-51-34-30(56-32-20(36-14(2)39)26(45)22(41)16(11-38)53-32)28(47)24(43)18(55-34)12-50-31-19(35)25(44)21(40)15(10-37)52-31/h15-34,37-38,40-48H,3-13,35H2,1-2H3,(H,36,39)/t15-,16-,17-,18-,19-,20-,21-,22-,23-,24-,25-,26-,27+,28+,29-,30+,31-,32+,33-,34+/m1/s1. The van der Waals surface area contributed by atoms with Gasteiger partial charge in [-0.3, -0.25) is 4.79 Å². The van der Waals surface area contributed by atoms with Crippen LogP contribution in [0.2, 0.25) is 0 Å². The molecule has 4 rings (SSSR count). The van der Waals surface area contributed by atoms with Gasteiger partial charge < -0.3 is 105 Å². The number of carbonyl (C=O) groups excluding carboxylic acids is 1. The van der Waals surface area contributed by atoms with Gasteiger partial charge in [-0.05, 0) is 6.42 Å². The molecule has 328 valence electrons. The Morgan fingerprint density at radius 2 is 1.07 bits per heavy atom. The van der Waals surface area contributed by atoms with Gasteiger partial charge in [0.15, 0.2) is 25.2 Å². The van der Waals surface area contributed by atoms with Crippen molar-refractivity contribution in [3.05, 3.63) is 0 Å². The lowest BCUT2D eigenvalue weighted by Crippen LogP contribution is -2.68. The molecule has 22 nitrogen and oxygen atoms in total. The van der Waals surface area contributed by atoms with Gasteiger partial charge in [0.2, 0.25) is 5.91 Å². The molecule has 4 heterocycles. The van der Waals surface area contributed by atoms with Crippen molar-refractivity contribution < 1.29 is 98.9 Å². The molecule has 0 aliphatic carbocycles. The molecule has 4 aliphatic heterocycles. The van der Waals surface area contributed by atoms with E-state index in [-0.39, 0.29) is 6.61 Å². The molecule has 4 fully saturated rings. The van der Waals surface area contributed by atoms with Crippen LogP contribution in [0.15, 0.2) is 0 Å². The van der Waals surface area contributed by atoms with Crippen LogP contribution in [0.5, 0.6) is 0 Å². The average Bonchev–Trinajstić information content (AvgIpc) is 3.17. The van der Waals surface area contributed by atoms with E-state index in [2.05, 4.69) is 12.2 Å². The number of rotatable bonds is 19. The van der Waals surface area contributed by atoms with E-state index >= 15 is 0 Å². The zero-order valence-corrected chi connectivity index (χ0v) is 31.5. The Labute approximate surface area is 323 Å². The van der Waals surface area contributed by atoms with Gasteiger partial charge >= 0.3 is 0 Å². The minimum absolute atomic E-state index is 0.188. The molecule has 0 spiro atoms. The van der Waals surface area contributed by atoms with Crippen LogP contribution in [0.25, 0.3) is 0 Å². The van der Waals surface area contributed by atoms with E-state index in [1.54, 1.807) is 0 Å². The predicted molar refractivity (Wildman–Crippen MR) is 185 cm³/mol. The van der Waals surface area contributed by atoms with Gasteiger partial charge in [-0.15, -0.1) is 0 Å². The van der Waals surface area contributed by atoms with Gasteiger partial charge in [0.25, 0.3) is 0 Å². The third kappa shape index (κ3) is 11.7. The number of aliphatic hydroxyl groups is 11. The highest BCUT2D eigenvalue weighted by Gasteiger charge is 2.53. The van der Waals surface area contributed by atoms with Crippen LogP contribution in [-0.4, -0.2) is 218 Å². The molecule has 4 saturated heterocycles. The molecule has 0 bridgehead atoms. The average molecular weight is 819 g/mol. The summed E-state index contributed by atoms with van der Waals surface area (Å²) in [6, 6.07) is -2.80. The number of carbonyl (C=O) groups is 1. The fourth-order valence-corrected chi connectivity index (χ4v) is 6.97. The summed E-state index contributed by atoms with van der Waals surface area (Å²) in [5, 5.41) is 118. The molecule has 0 unspecified atom stereocenters. The third-order valence-corrected chi connectivity index (χ3v) is 10.4. The Morgan fingerprint density at radius 3 is 1.68 bits per heavy atom. The zero-order valence-electron chi connectivity index (χ0n) is 31.5. The van der Waals surface area contributed by atoms with Crippen molar-refractivity contribution in [2.45, 2.75) is 175 Å². The first kappa shape index (κ1) is 47.3. The molecule has 0 aromatic heterocycles. The Bertz CT molecular complexity index is 1160. The Balaban J connectivity index is 1.51. The van der Waals surface area contributed by atoms with Crippen LogP contribution in [0, 0.1) is 0 Å². The largest absolute Gasteiger partial charge is 0.394 e. The lowest BCUT2D eigenvalue weighted by atomic mass is 9.95. The second-order valence-corrected chi connectivity index (χ2v) is 14.7. The number of ether oxygens (including phenoxy) is 8. The summed E-state index contributed by atoms with van der Waals surface area (Å²) >= 11 is 0. The molecule has 0 aromatic carbocycles. The molecular weight excluding hydrogens is 756 g/mol. The Morgan fingerprint density at radius 1 is 0.571 bits per heavy atom. The van der Waals surface area contributed by atoms with Gasteiger partial charge in [-0.2, -0.15) is 0 Å². The van der Waals surface area contributed by atoms with Crippen LogP contribution >= 0.6 is 0 Å². The highest BCUT2D eigenvalue weighted by atomic mass is 16.8. The molecule has 20 atom stereocenters. The van der Waals surface area contributed by atoms with E-state index in [1.807, 2.05) is 0 Å². The summed E-state index contributed by atoms with van der Waals surface area (Å²) in [6.07, 6.45) is -23.1. The van der Waals surface area contributed by atoms with Crippen molar-refractivity contribution in [3.8, 4) is 0 Å². The number of hydrogen-bond donors (Lipinski definition) is 13. The van der Waals surface area contributed by atoms with Gasteiger partial charge in [0.1, 0.15) is 91.5 Å². The SMILES string of the molecule is CCCCCCCCO[C@@H]1O[C@H](CO[C@H]2O[C@H](CO[C@@H]3O[C@H](CO)[C@@H](O)[C@H](O)[C@H]3N)[C@@H](O)[C@H](O)[C@@H]2O[C@@H]2O[C@H](CO)[C@@H](O)[C@H](O)[C@H]2NC(C)=O)[C@@H](O)[C@H](O)[C@H]1O. The maximum absolute atomic E-state index is 12.0. The number of amides is 1. The quantitative estimate of drug-likeness (QED) is 0.0539. The summed E-state index contributed by atoms with van der Waals surface area (Å²) < 4.78 is 46.1. The summed E-state index contributed by atoms with van der Waals surface area (Å²) in [7, 11) is 0. The Kier molecular flexibility index (Phi) is 18.9. The van der Waals surface area contributed by atoms with E-state index in [0.717, 1.165) is 39.0 Å². The minimum Gasteiger partial charge on any atom is -0.394 e. The highest BCUT2D eigenvalue weighted by molar-refractivity contribution is 5.73. The van der Waals surface area contributed by atoms with Crippen molar-refractivity contribution in [1.82, 2.24) is 5.32 Å². The molecule has 14 N–H and O–H groups in total. The fourth-order valence-electron chi connectivity index (χ4n) is 6.97. The lowest BCUT2D eigenvalue weighted by molar-refractivity contribution is -0.367.